The Morgan fingerprint density at radius 1 is 1.45 bits per heavy atom. The first-order chi connectivity index (χ1) is 9.35. The topological polar surface area (TPSA) is 69.6 Å². The molecule has 0 heterocycles. The molecule has 0 aliphatic carbocycles. The average molecular weight is 343 g/mol. The normalized spacial score (nSPS) is 12.2. The monoisotopic (exact) mass is 342 g/mol. The predicted molar refractivity (Wildman–Crippen MR) is 80.7 cm³/mol. The molecule has 0 spiro atoms. The van der Waals surface area contributed by atoms with Crippen LogP contribution in [0.25, 0.3) is 0 Å². The fourth-order valence-electron chi connectivity index (χ4n) is 1.96. The molecule has 1 rings (SSSR count). The zero-order valence-corrected chi connectivity index (χ0v) is 13.4. The number of amides is 1. The molecule has 1 aromatic rings. The van der Waals surface area contributed by atoms with E-state index in [1.807, 2.05) is 18.9 Å². The Morgan fingerprint density at radius 2 is 2.10 bits per heavy atom. The third-order valence-corrected chi connectivity index (χ3v) is 3.76. The molecule has 5 nitrogen and oxygen atoms in total. The number of nitrogens with zero attached hydrogens (tertiary/aromatic N) is 1. The van der Waals surface area contributed by atoms with Crippen molar-refractivity contribution in [1.29, 1.82) is 0 Å². The Hall–Kier alpha value is -1.40. The number of aromatic carboxylic acids is 1. The van der Waals surface area contributed by atoms with Gasteiger partial charge >= 0.3 is 5.97 Å². The summed E-state index contributed by atoms with van der Waals surface area (Å²) in [5.41, 5.74) is 1.24. The lowest BCUT2D eigenvalue weighted by molar-refractivity contribution is -0.124. The number of hydrogen-bond acceptors (Lipinski definition) is 3. The zero-order valence-electron chi connectivity index (χ0n) is 11.8. The van der Waals surface area contributed by atoms with E-state index in [4.69, 9.17) is 5.11 Å². The third-order valence-electron chi connectivity index (χ3n) is 3.02. The van der Waals surface area contributed by atoms with Crippen LogP contribution in [-0.2, 0) is 11.3 Å². The molecule has 110 valence electrons. The molecule has 1 amide bonds. The predicted octanol–water partition coefficient (Wildman–Crippen LogP) is 1.96. The number of carbonyl (C=O) groups is 2. The maximum absolute atomic E-state index is 11.5. The van der Waals surface area contributed by atoms with E-state index in [1.54, 1.807) is 25.2 Å². The average Bonchev–Trinajstić information content (AvgIpc) is 2.39. The lowest BCUT2D eigenvalue weighted by atomic mass is 10.1. The minimum absolute atomic E-state index is 0.0112. The van der Waals surface area contributed by atoms with Crippen LogP contribution in [0.15, 0.2) is 22.7 Å². The van der Waals surface area contributed by atoms with Crippen molar-refractivity contribution in [1.82, 2.24) is 10.2 Å². The van der Waals surface area contributed by atoms with Crippen molar-refractivity contribution in [3.8, 4) is 0 Å². The molecule has 0 bridgehead atoms. The van der Waals surface area contributed by atoms with Crippen LogP contribution in [0.4, 0.5) is 0 Å². The number of rotatable bonds is 6. The second-order valence-corrected chi connectivity index (χ2v) is 5.68. The highest BCUT2D eigenvalue weighted by Gasteiger charge is 2.15. The maximum Gasteiger partial charge on any atom is 0.335 e. The maximum atomic E-state index is 11.5. The first-order valence-corrected chi connectivity index (χ1v) is 7.06. The van der Waals surface area contributed by atoms with Crippen molar-refractivity contribution in [2.24, 2.45) is 5.92 Å². The molecule has 0 aromatic heterocycles. The van der Waals surface area contributed by atoms with Crippen LogP contribution in [0.5, 0.6) is 0 Å². The number of carboxylic acid groups (broad SMARTS) is 1. The summed E-state index contributed by atoms with van der Waals surface area (Å²) in [6.45, 7) is 3.15. The van der Waals surface area contributed by atoms with E-state index in [0.29, 0.717) is 13.1 Å². The minimum atomic E-state index is -0.946. The van der Waals surface area contributed by atoms with E-state index in [9.17, 15) is 9.59 Å². The second-order valence-electron chi connectivity index (χ2n) is 4.82. The Balaban J connectivity index is 2.69. The summed E-state index contributed by atoms with van der Waals surface area (Å²) in [4.78, 5) is 24.4. The first kappa shape index (κ1) is 16.7. The van der Waals surface area contributed by atoms with Gasteiger partial charge in [0.15, 0.2) is 0 Å². The number of hydrogen-bond donors (Lipinski definition) is 2. The molecular weight excluding hydrogens is 324 g/mol. The molecule has 0 aliphatic heterocycles. The SMILES string of the molecule is CNC(=O)C(C)CN(C)Cc1ccc(C(=O)O)cc1Br. The van der Waals surface area contributed by atoms with Gasteiger partial charge in [0.25, 0.3) is 0 Å². The summed E-state index contributed by atoms with van der Waals surface area (Å²) in [6, 6.07) is 4.96. The van der Waals surface area contributed by atoms with Crippen LogP contribution in [0, 0.1) is 5.92 Å². The standard InChI is InChI=1S/C14H19BrN2O3/c1-9(13(18)16-2)7-17(3)8-11-5-4-10(14(19)20)6-12(11)15/h4-6,9H,7-8H2,1-3H3,(H,16,18)(H,19,20). The van der Waals surface area contributed by atoms with Gasteiger partial charge in [0, 0.05) is 30.5 Å². The summed E-state index contributed by atoms with van der Waals surface area (Å²) in [6.07, 6.45) is 0. The molecule has 2 N–H and O–H groups in total. The van der Waals surface area contributed by atoms with Crippen molar-refractivity contribution >= 4 is 27.8 Å². The van der Waals surface area contributed by atoms with Crippen LogP contribution >= 0.6 is 15.9 Å². The molecule has 1 unspecified atom stereocenters. The van der Waals surface area contributed by atoms with Crippen LogP contribution < -0.4 is 5.32 Å². The van der Waals surface area contributed by atoms with Crippen LogP contribution in [0.1, 0.15) is 22.8 Å². The molecule has 1 aromatic carbocycles. The van der Waals surface area contributed by atoms with E-state index in [-0.39, 0.29) is 17.4 Å². The van der Waals surface area contributed by atoms with Crippen LogP contribution in [0.3, 0.4) is 0 Å². The molecule has 0 radical (unpaired) electrons. The van der Waals surface area contributed by atoms with Crippen molar-refractivity contribution in [2.75, 3.05) is 20.6 Å². The van der Waals surface area contributed by atoms with Crippen molar-refractivity contribution < 1.29 is 14.7 Å². The summed E-state index contributed by atoms with van der Waals surface area (Å²) in [7, 11) is 3.55. The van der Waals surface area contributed by atoms with Gasteiger partial charge in [-0.15, -0.1) is 0 Å². The van der Waals surface area contributed by atoms with Gasteiger partial charge in [-0.2, -0.15) is 0 Å². The molecule has 20 heavy (non-hydrogen) atoms. The number of nitrogens with one attached hydrogen (secondary N) is 1. The highest BCUT2D eigenvalue weighted by atomic mass is 79.9. The molecule has 0 saturated carbocycles. The number of benzene rings is 1. The fourth-order valence-corrected chi connectivity index (χ4v) is 2.46. The van der Waals surface area contributed by atoms with Gasteiger partial charge in [0.2, 0.25) is 5.91 Å². The van der Waals surface area contributed by atoms with E-state index in [2.05, 4.69) is 21.2 Å². The number of carboxylic acids is 1. The summed E-state index contributed by atoms with van der Waals surface area (Å²) in [5, 5.41) is 11.5. The van der Waals surface area contributed by atoms with Gasteiger partial charge in [0.1, 0.15) is 0 Å². The van der Waals surface area contributed by atoms with Gasteiger partial charge in [-0.05, 0) is 24.7 Å². The van der Waals surface area contributed by atoms with Crippen molar-refractivity contribution in [3.05, 3.63) is 33.8 Å². The van der Waals surface area contributed by atoms with E-state index < -0.39 is 5.97 Å². The lowest BCUT2D eigenvalue weighted by Gasteiger charge is -2.21. The summed E-state index contributed by atoms with van der Waals surface area (Å²) >= 11 is 3.38. The van der Waals surface area contributed by atoms with Crippen LogP contribution in [0.2, 0.25) is 0 Å². The van der Waals surface area contributed by atoms with Crippen molar-refractivity contribution in [2.45, 2.75) is 13.5 Å². The largest absolute Gasteiger partial charge is 0.478 e. The highest BCUT2D eigenvalue weighted by Crippen LogP contribution is 2.20. The summed E-state index contributed by atoms with van der Waals surface area (Å²) in [5.74, 6) is -1.03. The molecule has 0 fully saturated rings. The minimum Gasteiger partial charge on any atom is -0.478 e. The van der Waals surface area contributed by atoms with Gasteiger partial charge in [0.05, 0.1) is 5.56 Å². The van der Waals surface area contributed by atoms with E-state index in [1.165, 1.54) is 0 Å². The fraction of sp³-hybridized carbons (Fsp3) is 0.429. The number of halogens is 1. The Morgan fingerprint density at radius 3 is 2.60 bits per heavy atom. The molecule has 1 atom stereocenters. The Kier molecular flexibility index (Phi) is 6.16. The first-order valence-electron chi connectivity index (χ1n) is 6.27. The quantitative estimate of drug-likeness (QED) is 0.829. The second kappa shape index (κ2) is 7.40. The van der Waals surface area contributed by atoms with Gasteiger partial charge in [-0.25, -0.2) is 4.79 Å². The van der Waals surface area contributed by atoms with Gasteiger partial charge in [-0.3, -0.25) is 4.79 Å². The van der Waals surface area contributed by atoms with Crippen molar-refractivity contribution in [3.63, 3.8) is 0 Å². The molecule has 0 aliphatic rings. The molecular formula is C14H19BrN2O3. The molecule has 6 heteroatoms. The van der Waals surface area contributed by atoms with Gasteiger partial charge in [-0.1, -0.05) is 28.9 Å². The smallest absolute Gasteiger partial charge is 0.335 e. The summed E-state index contributed by atoms with van der Waals surface area (Å²) < 4.78 is 0.761. The number of carbonyl (C=O) groups excluding carboxylic acids is 1. The van der Waals surface area contributed by atoms with E-state index in [0.717, 1.165) is 10.0 Å². The van der Waals surface area contributed by atoms with Gasteiger partial charge < -0.3 is 15.3 Å². The Bertz CT molecular complexity index is 505. The lowest BCUT2D eigenvalue weighted by Crippen LogP contribution is -2.34. The highest BCUT2D eigenvalue weighted by molar-refractivity contribution is 9.10. The zero-order chi connectivity index (χ0) is 15.3. The molecule has 0 saturated heterocycles. The van der Waals surface area contributed by atoms with Crippen LogP contribution in [-0.4, -0.2) is 42.5 Å². The third kappa shape index (κ3) is 4.61. The van der Waals surface area contributed by atoms with E-state index >= 15 is 0 Å². The Labute approximate surface area is 127 Å².